The highest BCUT2D eigenvalue weighted by Crippen LogP contribution is 2.54. The third-order valence-electron chi connectivity index (χ3n) is 10.4. The topological polar surface area (TPSA) is 80.6 Å². The first-order valence-corrected chi connectivity index (χ1v) is 15.4. The molecule has 1 aromatic carbocycles. The van der Waals surface area contributed by atoms with Crippen molar-refractivity contribution in [3.05, 3.63) is 40.5 Å². The monoisotopic (exact) mass is 549 g/mol. The van der Waals surface area contributed by atoms with Gasteiger partial charge in [0.2, 0.25) is 11.8 Å². The molecule has 2 aromatic rings. The van der Waals surface area contributed by atoms with Gasteiger partial charge in [-0.25, -0.2) is 9.07 Å². The van der Waals surface area contributed by atoms with Gasteiger partial charge in [0.05, 0.1) is 11.7 Å². The summed E-state index contributed by atoms with van der Waals surface area (Å²) >= 11 is 0. The Kier molecular flexibility index (Phi) is 6.58. The van der Waals surface area contributed by atoms with Crippen LogP contribution in [-0.2, 0) is 35.6 Å². The molecule has 3 fully saturated rings. The van der Waals surface area contributed by atoms with Crippen molar-refractivity contribution in [1.29, 1.82) is 0 Å². The first kappa shape index (κ1) is 26.0. The van der Waals surface area contributed by atoms with E-state index >= 15 is 4.39 Å². The quantitative estimate of drug-likeness (QED) is 0.526. The number of likely N-dealkylation sites (tertiary alicyclic amines) is 1. The van der Waals surface area contributed by atoms with Crippen LogP contribution in [-0.4, -0.2) is 56.2 Å². The van der Waals surface area contributed by atoms with Crippen molar-refractivity contribution >= 4 is 11.8 Å². The van der Waals surface area contributed by atoms with Crippen LogP contribution >= 0.6 is 0 Å². The van der Waals surface area contributed by atoms with Crippen LogP contribution in [0.2, 0.25) is 0 Å². The van der Waals surface area contributed by atoms with Crippen molar-refractivity contribution in [3.63, 3.8) is 0 Å². The Morgan fingerprint density at radius 1 is 1.12 bits per heavy atom. The van der Waals surface area contributed by atoms with E-state index in [-0.39, 0.29) is 35.6 Å². The molecule has 8 nitrogen and oxygen atoms in total. The Labute approximate surface area is 235 Å². The Bertz CT molecular complexity index is 1320. The smallest absolute Gasteiger partial charge is 0.226 e. The summed E-state index contributed by atoms with van der Waals surface area (Å²) in [7, 11) is 0. The van der Waals surface area contributed by atoms with Crippen LogP contribution in [0.4, 0.5) is 4.39 Å². The summed E-state index contributed by atoms with van der Waals surface area (Å²) in [5.41, 5.74) is 3.39. The van der Waals surface area contributed by atoms with Gasteiger partial charge in [-0.2, -0.15) is 0 Å². The van der Waals surface area contributed by atoms with Crippen LogP contribution in [0, 0.1) is 23.1 Å². The summed E-state index contributed by atoms with van der Waals surface area (Å²) in [4.78, 5) is 31.2. The van der Waals surface area contributed by atoms with Gasteiger partial charge < -0.3 is 14.5 Å². The Hall–Kier alpha value is -2.97. The maximum Gasteiger partial charge on any atom is 0.226 e. The minimum Gasteiger partial charge on any atom is -0.487 e. The van der Waals surface area contributed by atoms with E-state index in [9.17, 15) is 9.59 Å². The number of fused-ring (bicyclic) bond motifs is 2. The number of nitrogens with zero attached hydrogens (tertiary/aromatic N) is 5. The van der Waals surface area contributed by atoms with Gasteiger partial charge in [0.15, 0.2) is 0 Å². The first-order valence-electron chi connectivity index (χ1n) is 15.4. The van der Waals surface area contributed by atoms with Gasteiger partial charge in [-0.3, -0.25) is 9.59 Å². The largest absolute Gasteiger partial charge is 0.487 e. The zero-order valence-corrected chi connectivity index (χ0v) is 23.5. The molecule has 40 heavy (non-hydrogen) atoms. The Morgan fingerprint density at radius 3 is 2.77 bits per heavy atom. The van der Waals surface area contributed by atoms with Gasteiger partial charge in [-0.1, -0.05) is 25.0 Å². The number of aryl methyl sites for hydroxylation is 1. The number of rotatable bonds is 6. The maximum atomic E-state index is 15.4. The third kappa shape index (κ3) is 4.59. The number of hydrogen-bond donors (Lipinski definition) is 0. The van der Waals surface area contributed by atoms with E-state index in [1.165, 1.54) is 6.07 Å². The lowest BCUT2D eigenvalue weighted by Gasteiger charge is -2.43. The molecule has 3 aliphatic heterocycles. The van der Waals surface area contributed by atoms with Crippen LogP contribution in [0.5, 0.6) is 5.75 Å². The lowest BCUT2D eigenvalue weighted by atomic mass is 9.78. The molecule has 2 aliphatic carbocycles. The number of halogens is 1. The predicted molar refractivity (Wildman–Crippen MR) is 146 cm³/mol. The van der Waals surface area contributed by atoms with Crippen molar-refractivity contribution in [2.45, 2.75) is 96.7 Å². The van der Waals surface area contributed by atoms with E-state index < -0.39 is 6.04 Å². The number of amides is 2. The fourth-order valence-electron chi connectivity index (χ4n) is 7.76. The summed E-state index contributed by atoms with van der Waals surface area (Å²) in [6, 6.07) is 2.75. The molecule has 0 bridgehead atoms. The molecule has 214 valence electrons. The number of ether oxygens (including phenoxy) is 1. The summed E-state index contributed by atoms with van der Waals surface area (Å²) in [5, 5.41) is 8.69. The van der Waals surface area contributed by atoms with Crippen molar-refractivity contribution in [2.75, 3.05) is 19.6 Å². The molecule has 4 heterocycles. The van der Waals surface area contributed by atoms with E-state index in [4.69, 9.17) is 4.74 Å². The van der Waals surface area contributed by atoms with Crippen LogP contribution in [0.1, 0.15) is 93.3 Å². The number of carbonyl (C=O) groups excluding carboxylic acids is 2. The van der Waals surface area contributed by atoms with Crippen LogP contribution in [0.25, 0.3) is 0 Å². The highest BCUT2D eigenvalue weighted by atomic mass is 19.1. The molecule has 5 aliphatic rings. The summed E-state index contributed by atoms with van der Waals surface area (Å²) < 4.78 is 23.7. The lowest BCUT2D eigenvalue weighted by Crippen LogP contribution is -2.49. The summed E-state index contributed by atoms with van der Waals surface area (Å²) in [6.45, 7) is 4.89. The highest BCUT2D eigenvalue weighted by Gasteiger charge is 2.52. The predicted octanol–water partition coefficient (Wildman–Crippen LogP) is 4.60. The molecule has 0 unspecified atom stereocenters. The third-order valence-corrected chi connectivity index (χ3v) is 10.4. The van der Waals surface area contributed by atoms with E-state index in [2.05, 4.69) is 17.2 Å². The molecule has 9 heteroatoms. The molecule has 1 saturated heterocycles. The second-order valence-electron chi connectivity index (χ2n) is 13.0. The molecule has 0 radical (unpaired) electrons. The first-order chi connectivity index (χ1) is 19.4. The fraction of sp³-hybridized carbons (Fsp3) is 0.677. The average Bonchev–Trinajstić information content (AvgIpc) is 3.46. The minimum atomic E-state index is -0.428. The van der Waals surface area contributed by atoms with Crippen LogP contribution in [0.15, 0.2) is 12.1 Å². The van der Waals surface area contributed by atoms with E-state index in [1.54, 1.807) is 6.07 Å². The molecule has 7 rings (SSSR count). The van der Waals surface area contributed by atoms with Gasteiger partial charge >= 0.3 is 0 Å². The second kappa shape index (κ2) is 10.1. The van der Waals surface area contributed by atoms with Crippen molar-refractivity contribution in [2.24, 2.45) is 17.3 Å². The standard InChI is InChI=1S/C31H40FN5O3/c1-20-6-2-3-7-21(20)30(39)36-15-11-22-23(32)9-10-27(40-18-24-25-8-4-5-14-37(25)34-33-24)29(22)26(36)17-35-19-31(12-13-31)16-28(35)38/h9-10,20-21,26H,2-8,11-19H2,1H3/t20-,21+,26+/m0/s1. The fourth-order valence-corrected chi connectivity index (χ4v) is 7.76. The molecule has 1 aromatic heterocycles. The molecule has 2 saturated carbocycles. The van der Waals surface area contributed by atoms with Gasteiger partial charge in [0, 0.05) is 44.1 Å². The highest BCUT2D eigenvalue weighted by molar-refractivity contribution is 5.82. The zero-order chi connectivity index (χ0) is 27.4. The zero-order valence-electron chi connectivity index (χ0n) is 23.5. The summed E-state index contributed by atoms with van der Waals surface area (Å²) in [5.74, 6) is 0.923. The molecule has 0 N–H and O–H groups in total. The Balaban J connectivity index is 1.22. The van der Waals surface area contributed by atoms with Crippen molar-refractivity contribution in [1.82, 2.24) is 24.8 Å². The minimum absolute atomic E-state index is 0.0251. The molecular formula is C31H40FN5O3. The Morgan fingerprint density at radius 2 is 1.98 bits per heavy atom. The number of benzene rings is 1. The SMILES string of the molecule is C[C@H]1CCCC[C@H]1C(=O)N1CCc2c(F)ccc(OCc3nnn4c3CCCC4)c2[C@H]1CN1CC2(CC2)CC1=O. The number of carbonyl (C=O) groups is 2. The van der Waals surface area contributed by atoms with Crippen LogP contribution < -0.4 is 4.74 Å². The van der Waals surface area contributed by atoms with Crippen LogP contribution in [0.3, 0.4) is 0 Å². The molecule has 2 amide bonds. The van der Waals surface area contributed by atoms with Crippen molar-refractivity contribution in [3.8, 4) is 5.75 Å². The number of aromatic nitrogens is 3. The molecule has 3 atom stereocenters. The second-order valence-corrected chi connectivity index (χ2v) is 13.0. The van der Waals surface area contributed by atoms with E-state index in [0.29, 0.717) is 43.2 Å². The van der Waals surface area contributed by atoms with E-state index in [1.807, 2.05) is 14.5 Å². The number of hydrogen-bond acceptors (Lipinski definition) is 5. The summed E-state index contributed by atoms with van der Waals surface area (Å²) in [6.07, 6.45) is 10.5. The maximum absolute atomic E-state index is 15.4. The average molecular weight is 550 g/mol. The lowest BCUT2D eigenvalue weighted by molar-refractivity contribution is -0.143. The normalized spacial score (nSPS) is 27.1. The van der Waals surface area contributed by atoms with E-state index in [0.717, 1.165) is 87.8 Å². The van der Waals surface area contributed by atoms with Gasteiger partial charge in [-0.15, -0.1) is 5.10 Å². The van der Waals surface area contributed by atoms with Gasteiger partial charge in [-0.05, 0) is 80.4 Å². The molecule has 1 spiro atoms. The van der Waals surface area contributed by atoms with Gasteiger partial charge in [0.1, 0.15) is 23.9 Å². The molecular weight excluding hydrogens is 509 g/mol. The van der Waals surface area contributed by atoms with Crippen molar-refractivity contribution < 1.29 is 18.7 Å². The van der Waals surface area contributed by atoms with Gasteiger partial charge in [0.25, 0.3) is 0 Å².